The number of thiophene rings is 1. The third-order valence-electron chi connectivity index (χ3n) is 11.6. The monoisotopic (exact) mass is 819 g/mol. The Kier molecular flexibility index (Phi) is 11.0. The number of aryl methyl sites for hydroxylation is 1. The molecule has 57 heavy (non-hydrogen) atoms. The Morgan fingerprint density at radius 1 is 1.05 bits per heavy atom. The van der Waals surface area contributed by atoms with Crippen LogP contribution in [0, 0.1) is 18.8 Å². The molecule has 0 radical (unpaired) electrons. The van der Waals surface area contributed by atoms with Crippen LogP contribution in [0.2, 0.25) is 0 Å². The number of ether oxygens (including phenoxy) is 1. The molecule has 5 heterocycles. The summed E-state index contributed by atoms with van der Waals surface area (Å²) in [5.74, 6) is -1.80. The van der Waals surface area contributed by atoms with Crippen LogP contribution in [0.5, 0.6) is 5.75 Å². The van der Waals surface area contributed by atoms with Gasteiger partial charge in [0.15, 0.2) is 0 Å². The fourth-order valence-electron chi connectivity index (χ4n) is 8.43. The third kappa shape index (κ3) is 8.11. The molecule has 2 N–H and O–H groups in total. The fraction of sp³-hybridized carbons (Fsp3) is 0.488. The minimum absolute atomic E-state index is 0.0309. The molecule has 4 fully saturated rings. The van der Waals surface area contributed by atoms with Gasteiger partial charge < -0.3 is 28.9 Å². The van der Waals surface area contributed by atoms with E-state index in [2.05, 4.69) is 15.6 Å². The smallest absolute Gasteiger partial charge is 0.355 e. The number of hydrogen-bond acceptors (Lipinski definition) is 10. The van der Waals surface area contributed by atoms with Crippen LogP contribution >= 0.6 is 18.9 Å². The van der Waals surface area contributed by atoms with Crippen molar-refractivity contribution >= 4 is 52.6 Å². The topological polar surface area (TPSA) is 160 Å². The van der Waals surface area contributed by atoms with Gasteiger partial charge in [0.25, 0.3) is 5.91 Å². The number of amides is 3. The summed E-state index contributed by atoms with van der Waals surface area (Å²) in [6.45, 7) is 6.33. The van der Waals surface area contributed by atoms with E-state index >= 15 is 4.39 Å². The number of para-hydroxylation sites is 1. The Morgan fingerprint density at radius 2 is 1.82 bits per heavy atom. The number of halogens is 1. The number of aromatic nitrogens is 1. The predicted octanol–water partition coefficient (Wildman–Crippen LogP) is 6.88. The number of fused-ring (bicyclic) bond motifs is 3. The number of likely N-dealkylation sites (tertiary alicyclic amines) is 1. The maximum Gasteiger partial charge on any atom is 0.355 e. The van der Waals surface area contributed by atoms with Crippen LogP contribution in [0.1, 0.15) is 90.9 Å². The van der Waals surface area contributed by atoms with Crippen molar-refractivity contribution in [3.8, 4) is 5.75 Å². The molecule has 2 aromatic carbocycles. The SMILES string of the molecule is CCCOC(=O)[C@H](C)NP(=O)(Oc1ccccc1)C(F)c1ccc2sc(C(=O)N[C@H]3C[C@@H]4C[C@@H]4C[C@H]4CC[C@@H](C(=O)N5CC(c6cc(C)no6)C5)N4C3=O)cc2c1. The summed E-state index contributed by atoms with van der Waals surface area (Å²) in [6.07, 6.45) is 4.30. The van der Waals surface area contributed by atoms with Crippen molar-refractivity contribution in [1.82, 2.24) is 25.4 Å². The zero-order chi connectivity index (χ0) is 40.0. The summed E-state index contributed by atoms with van der Waals surface area (Å²) in [4.78, 5) is 58.5. The van der Waals surface area contributed by atoms with Crippen LogP contribution in [0.3, 0.4) is 0 Å². The van der Waals surface area contributed by atoms with Gasteiger partial charge in [0, 0.05) is 29.9 Å². The molecule has 0 bridgehead atoms. The summed E-state index contributed by atoms with van der Waals surface area (Å²) in [7, 11) is -4.44. The highest BCUT2D eigenvalue weighted by Gasteiger charge is 2.53. The molecule has 1 saturated carbocycles. The number of nitrogens with one attached hydrogen (secondary N) is 2. The van der Waals surface area contributed by atoms with E-state index < -0.39 is 43.4 Å². The molecule has 4 aliphatic rings. The van der Waals surface area contributed by atoms with Gasteiger partial charge in [-0.25, -0.2) is 9.48 Å². The molecule has 4 aromatic rings. The largest absolute Gasteiger partial charge is 0.465 e. The van der Waals surface area contributed by atoms with Gasteiger partial charge in [-0.15, -0.1) is 11.3 Å². The summed E-state index contributed by atoms with van der Waals surface area (Å²) < 4.78 is 47.9. The van der Waals surface area contributed by atoms with Gasteiger partial charge in [0.1, 0.15) is 29.6 Å². The molecule has 8 rings (SSSR count). The van der Waals surface area contributed by atoms with Crippen molar-refractivity contribution < 1.29 is 41.9 Å². The lowest BCUT2D eigenvalue weighted by atomic mass is 9.95. The number of hydrogen-bond donors (Lipinski definition) is 2. The summed E-state index contributed by atoms with van der Waals surface area (Å²) in [6, 6.07) is 13.8. The van der Waals surface area contributed by atoms with E-state index in [4.69, 9.17) is 13.8 Å². The Labute approximate surface area is 334 Å². The molecule has 3 saturated heterocycles. The molecule has 13 nitrogen and oxygen atoms in total. The van der Waals surface area contributed by atoms with Gasteiger partial charge in [-0.1, -0.05) is 36.3 Å². The minimum atomic E-state index is -4.44. The fourth-order valence-corrected chi connectivity index (χ4v) is 11.3. The first-order valence-electron chi connectivity index (χ1n) is 19.7. The molecular formula is C41H47FN5O8PS. The maximum atomic E-state index is 16.5. The predicted molar refractivity (Wildman–Crippen MR) is 211 cm³/mol. The molecule has 1 aliphatic carbocycles. The second-order valence-corrected chi connectivity index (χ2v) is 19.0. The van der Waals surface area contributed by atoms with Crippen LogP contribution in [0.25, 0.3) is 10.1 Å². The maximum absolute atomic E-state index is 16.5. The molecule has 302 valence electrons. The summed E-state index contributed by atoms with van der Waals surface area (Å²) >= 11 is 1.20. The van der Waals surface area contributed by atoms with Crippen molar-refractivity contribution in [3.63, 3.8) is 0 Å². The highest BCUT2D eigenvalue weighted by molar-refractivity contribution is 7.57. The van der Waals surface area contributed by atoms with Crippen molar-refractivity contribution in [2.45, 2.75) is 95.3 Å². The molecule has 2 aromatic heterocycles. The zero-order valence-corrected chi connectivity index (χ0v) is 33.8. The van der Waals surface area contributed by atoms with Crippen molar-refractivity contribution in [2.24, 2.45) is 11.8 Å². The standard InChI is InChI=1S/C41H47FN5O8PS/c1-4-14-53-41(51)24(3)45-56(52,55-31-8-6-5-7-9-31)37(42)25-10-13-35-28(16-25)20-36(57-35)38(48)43-32-19-27-17-26(27)18-30-11-12-33(47(30)39(32)49)40(50)46-21-29(22-46)34-15-23(2)44-54-34/h5-10,13,15-16,20,24,26-27,29-30,32-33,37H,4,11-12,14,17-19,21-22H2,1-3H3,(H,43,48)(H,45,52)/t24-,26+,27-,30+,32-,33-,37?,56?/m0/s1. The van der Waals surface area contributed by atoms with Crippen LogP contribution in [-0.2, 0) is 23.7 Å². The van der Waals surface area contributed by atoms with Crippen LogP contribution in [0.4, 0.5) is 4.39 Å². The van der Waals surface area contributed by atoms with Gasteiger partial charge in [-0.3, -0.25) is 23.7 Å². The van der Waals surface area contributed by atoms with E-state index in [9.17, 15) is 23.7 Å². The van der Waals surface area contributed by atoms with Crippen LogP contribution in [0.15, 0.2) is 65.2 Å². The second kappa shape index (κ2) is 16.0. The van der Waals surface area contributed by atoms with E-state index in [1.54, 1.807) is 52.3 Å². The van der Waals surface area contributed by atoms with Crippen molar-refractivity contribution in [2.75, 3.05) is 19.7 Å². The molecule has 8 atom stereocenters. The number of rotatable bonds is 13. The lowest BCUT2D eigenvalue weighted by Gasteiger charge is -2.42. The van der Waals surface area contributed by atoms with E-state index in [-0.39, 0.29) is 41.7 Å². The highest BCUT2D eigenvalue weighted by atomic mass is 32.1. The van der Waals surface area contributed by atoms with E-state index in [0.29, 0.717) is 59.2 Å². The van der Waals surface area contributed by atoms with Crippen molar-refractivity contribution in [3.05, 3.63) is 82.6 Å². The first-order chi connectivity index (χ1) is 27.4. The highest BCUT2D eigenvalue weighted by Crippen LogP contribution is 2.58. The average molecular weight is 820 g/mol. The first-order valence-corrected chi connectivity index (χ1v) is 22.2. The second-order valence-electron chi connectivity index (χ2n) is 15.8. The molecule has 3 aliphatic heterocycles. The quantitative estimate of drug-likeness (QED) is 0.108. The zero-order valence-electron chi connectivity index (χ0n) is 32.1. The first kappa shape index (κ1) is 39.2. The Hall–Kier alpha value is -4.59. The molecule has 16 heteroatoms. The number of benzene rings is 2. The number of nitrogens with zero attached hydrogens (tertiary/aromatic N) is 3. The van der Waals surface area contributed by atoms with Crippen LogP contribution in [-0.4, -0.2) is 82.5 Å². The Morgan fingerprint density at radius 3 is 2.56 bits per heavy atom. The summed E-state index contributed by atoms with van der Waals surface area (Å²) in [5.41, 5.74) is 0.825. The van der Waals surface area contributed by atoms with Crippen LogP contribution < -0.4 is 14.9 Å². The molecule has 2 unspecified atom stereocenters. The average Bonchev–Trinajstić information content (AvgIpc) is 3.49. The number of alkyl halides is 1. The van der Waals surface area contributed by atoms with Gasteiger partial charge in [0.2, 0.25) is 17.7 Å². The Balaban J connectivity index is 0.976. The van der Waals surface area contributed by atoms with Gasteiger partial charge in [-0.05, 0) is 105 Å². The Bertz CT molecular complexity index is 2210. The molecule has 3 amide bonds. The van der Waals surface area contributed by atoms with Gasteiger partial charge >= 0.3 is 13.5 Å². The van der Waals surface area contributed by atoms with E-state index in [1.165, 1.54) is 30.4 Å². The minimum Gasteiger partial charge on any atom is -0.465 e. The number of esters is 1. The lowest BCUT2D eigenvalue weighted by Crippen LogP contribution is -2.59. The number of carbonyl (C=O) groups excluding carboxylic acids is 4. The lowest BCUT2D eigenvalue weighted by molar-refractivity contribution is -0.150. The molecular weight excluding hydrogens is 773 g/mol. The van der Waals surface area contributed by atoms with Gasteiger partial charge in [0.05, 0.1) is 23.1 Å². The molecule has 0 spiro atoms. The van der Waals surface area contributed by atoms with Crippen molar-refractivity contribution in [1.29, 1.82) is 0 Å². The number of carbonyl (C=O) groups is 4. The van der Waals surface area contributed by atoms with E-state index in [0.717, 1.165) is 30.7 Å². The summed E-state index contributed by atoms with van der Waals surface area (Å²) in [5, 5.41) is 10.1. The third-order valence-corrected chi connectivity index (χ3v) is 14.8. The normalized spacial score (nSPS) is 25.3. The van der Waals surface area contributed by atoms with Gasteiger partial charge in [-0.2, -0.15) is 0 Å². The van der Waals surface area contributed by atoms with E-state index in [1.807, 2.05) is 19.9 Å².